The molecule has 0 spiro atoms. The average Bonchev–Trinajstić information content (AvgIpc) is 3.20. The highest BCUT2D eigenvalue weighted by atomic mass is 32.2. The monoisotopic (exact) mass is 499 g/mol. The first-order valence-corrected chi connectivity index (χ1v) is 14.4. The molecule has 6 heteroatoms. The van der Waals surface area contributed by atoms with E-state index < -0.39 is 9.84 Å². The van der Waals surface area contributed by atoms with E-state index in [0.717, 1.165) is 30.4 Å². The Balaban J connectivity index is 1.22. The lowest BCUT2D eigenvalue weighted by atomic mass is 9.83. The summed E-state index contributed by atoms with van der Waals surface area (Å²) >= 11 is 0. The summed E-state index contributed by atoms with van der Waals surface area (Å²) in [5.41, 5.74) is 6.87. The van der Waals surface area contributed by atoms with Gasteiger partial charge in [-0.3, -0.25) is 4.90 Å². The van der Waals surface area contributed by atoms with Crippen LogP contribution in [0.3, 0.4) is 0 Å². The van der Waals surface area contributed by atoms with Crippen molar-refractivity contribution in [1.29, 1.82) is 0 Å². The maximum Gasteiger partial charge on any atom is 0.410 e. The van der Waals surface area contributed by atoms with Crippen LogP contribution in [0.1, 0.15) is 48.3 Å². The molecule has 2 atom stereocenters. The van der Waals surface area contributed by atoms with Crippen molar-refractivity contribution in [2.45, 2.75) is 48.6 Å². The SMILES string of the molecule is CS(=O)(=O)c1cccc(C2=CC3CCCC(C2)N3C(=O)OCC2c3ccccc3-c3ccccc32)c1. The minimum atomic E-state index is -3.28. The molecule has 2 heterocycles. The van der Waals surface area contributed by atoms with Crippen LogP contribution in [0.4, 0.5) is 4.79 Å². The third kappa shape index (κ3) is 4.03. The van der Waals surface area contributed by atoms with Gasteiger partial charge in [0, 0.05) is 18.2 Å². The van der Waals surface area contributed by atoms with Gasteiger partial charge in [-0.05, 0) is 71.2 Å². The molecule has 3 aromatic rings. The number of amides is 1. The molecule has 2 bridgehead atoms. The highest BCUT2D eigenvalue weighted by Crippen LogP contribution is 2.45. The van der Waals surface area contributed by atoms with Crippen LogP contribution in [-0.2, 0) is 14.6 Å². The Morgan fingerprint density at radius 1 is 0.944 bits per heavy atom. The van der Waals surface area contributed by atoms with Gasteiger partial charge in [0.2, 0.25) is 0 Å². The van der Waals surface area contributed by atoms with Gasteiger partial charge in [-0.15, -0.1) is 0 Å². The molecule has 1 fully saturated rings. The lowest BCUT2D eigenvalue weighted by molar-refractivity contribution is 0.0539. The molecule has 0 saturated carbocycles. The zero-order chi connectivity index (χ0) is 24.9. The van der Waals surface area contributed by atoms with E-state index in [2.05, 4.69) is 42.5 Å². The molecule has 1 saturated heterocycles. The third-order valence-electron chi connectivity index (χ3n) is 7.82. The van der Waals surface area contributed by atoms with Gasteiger partial charge in [0.15, 0.2) is 9.84 Å². The molecule has 1 amide bonds. The van der Waals surface area contributed by atoms with Crippen LogP contribution in [0, 0.1) is 0 Å². The van der Waals surface area contributed by atoms with Crippen molar-refractivity contribution in [2.75, 3.05) is 12.9 Å². The van der Waals surface area contributed by atoms with Crippen LogP contribution in [0.15, 0.2) is 83.8 Å². The molecule has 1 aliphatic carbocycles. The fraction of sp³-hybridized carbons (Fsp3) is 0.300. The maximum atomic E-state index is 13.4. The van der Waals surface area contributed by atoms with E-state index in [1.165, 1.54) is 28.5 Å². The number of sulfone groups is 1. The Morgan fingerprint density at radius 2 is 1.64 bits per heavy atom. The molecule has 3 aliphatic rings. The number of rotatable bonds is 4. The molecule has 5 nitrogen and oxygen atoms in total. The maximum absolute atomic E-state index is 13.4. The summed E-state index contributed by atoms with van der Waals surface area (Å²) in [6.45, 7) is 0.315. The van der Waals surface area contributed by atoms with Gasteiger partial charge in [0.05, 0.1) is 10.9 Å². The zero-order valence-electron chi connectivity index (χ0n) is 20.3. The van der Waals surface area contributed by atoms with Gasteiger partial charge in [-0.2, -0.15) is 0 Å². The van der Waals surface area contributed by atoms with Crippen molar-refractivity contribution in [3.63, 3.8) is 0 Å². The van der Waals surface area contributed by atoms with E-state index in [0.29, 0.717) is 17.9 Å². The second-order valence-electron chi connectivity index (χ2n) is 10.1. The summed E-state index contributed by atoms with van der Waals surface area (Å²) in [5.74, 6) is 0.0378. The number of ether oxygens (including phenoxy) is 1. The van der Waals surface area contributed by atoms with Gasteiger partial charge in [-0.25, -0.2) is 13.2 Å². The van der Waals surface area contributed by atoms with Crippen LogP contribution in [0.25, 0.3) is 16.7 Å². The summed E-state index contributed by atoms with van der Waals surface area (Å²) in [4.78, 5) is 15.7. The third-order valence-corrected chi connectivity index (χ3v) is 8.93. The normalized spacial score (nSPS) is 20.9. The number of benzene rings is 3. The largest absolute Gasteiger partial charge is 0.448 e. The summed E-state index contributed by atoms with van der Waals surface area (Å²) in [7, 11) is -3.28. The summed E-state index contributed by atoms with van der Waals surface area (Å²) in [6.07, 6.45) is 6.68. The number of nitrogens with zero attached hydrogens (tertiary/aromatic N) is 1. The van der Waals surface area contributed by atoms with E-state index in [4.69, 9.17) is 4.74 Å². The first-order valence-electron chi connectivity index (χ1n) is 12.5. The topological polar surface area (TPSA) is 63.7 Å². The predicted molar refractivity (Wildman–Crippen MR) is 140 cm³/mol. The molecule has 6 rings (SSSR count). The lowest BCUT2D eigenvalue weighted by Crippen LogP contribution is -2.51. The van der Waals surface area contributed by atoms with Crippen LogP contribution >= 0.6 is 0 Å². The van der Waals surface area contributed by atoms with Crippen LogP contribution in [-0.4, -0.2) is 44.4 Å². The smallest absolute Gasteiger partial charge is 0.410 e. The number of carbonyl (C=O) groups excluding carboxylic acids is 1. The molecule has 2 aliphatic heterocycles. The number of piperidine rings is 1. The molecule has 36 heavy (non-hydrogen) atoms. The van der Waals surface area contributed by atoms with E-state index >= 15 is 0 Å². The van der Waals surface area contributed by atoms with Crippen LogP contribution in [0.2, 0.25) is 0 Å². The van der Waals surface area contributed by atoms with Crippen molar-refractivity contribution in [1.82, 2.24) is 4.90 Å². The minimum Gasteiger partial charge on any atom is -0.448 e. The second-order valence-corrected chi connectivity index (χ2v) is 12.1. The first-order chi connectivity index (χ1) is 17.4. The van der Waals surface area contributed by atoms with Crippen molar-refractivity contribution in [3.8, 4) is 11.1 Å². The highest BCUT2D eigenvalue weighted by molar-refractivity contribution is 7.90. The Labute approximate surface area is 212 Å². The number of fused-ring (bicyclic) bond motifs is 5. The molecule has 0 aromatic heterocycles. The summed E-state index contributed by atoms with van der Waals surface area (Å²) in [5, 5.41) is 0. The fourth-order valence-corrected chi connectivity index (χ4v) is 6.79. The second kappa shape index (κ2) is 8.93. The first kappa shape index (κ1) is 23.0. The van der Waals surface area contributed by atoms with Gasteiger partial charge < -0.3 is 4.74 Å². The Morgan fingerprint density at radius 3 is 2.31 bits per heavy atom. The number of carbonyl (C=O) groups is 1. The molecule has 3 aromatic carbocycles. The molecule has 2 unspecified atom stereocenters. The van der Waals surface area contributed by atoms with Crippen LogP contribution < -0.4 is 0 Å². The van der Waals surface area contributed by atoms with Gasteiger partial charge in [0.25, 0.3) is 0 Å². The van der Waals surface area contributed by atoms with Gasteiger partial charge in [0.1, 0.15) is 6.61 Å². The molecule has 184 valence electrons. The summed E-state index contributed by atoms with van der Waals surface area (Å²) < 4.78 is 30.1. The van der Waals surface area contributed by atoms with E-state index in [1.54, 1.807) is 18.2 Å². The Bertz CT molecular complexity index is 1430. The van der Waals surface area contributed by atoms with Crippen molar-refractivity contribution < 1.29 is 17.9 Å². The quantitative estimate of drug-likeness (QED) is 0.438. The predicted octanol–water partition coefficient (Wildman–Crippen LogP) is 6.05. The average molecular weight is 500 g/mol. The zero-order valence-corrected chi connectivity index (χ0v) is 21.1. The Kier molecular flexibility index (Phi) is 5.72. The highest BCUT2D eigenvalue weighted by Gasteiger charge is 2.39. The van der Waals surface area contributed by atoms with E-state index in [1.807, 2.05) is 23.1 Å². The van der Waals surface area contributed by atoms with Crippen molar-refractivity contribution >= 4 is 21.5 Å². The minimum absolute atomic E-state index is 0.0370. The molecule has 0 radical (unpaired) electrons. The Hall–Kier alpha value is -3.38. The van der Waals surface area contributed by atoms with Gasteiger partial charge in [-0.1, -0.05) is 66.7 Å². The van der Waals surface area contributed by atoms with Crippen LogP contribution in [0.5, 0.6) is 0 Å². The van der Waals surface area contributed by atoms with Crippen molar-refractivity contribution in [3.05, 3.63) is 95.6 Å². The molecular weight excluding hydrogens is 470 g/mol. The molecule has 0 N–H and O–H groups in total. The lowest BCUT2D eigenvalue weighted by Gasteiger charge is -2.44. The van der Waals surface area contributed by atoms with Crippen molar-refractivity contribution in [2.24, 2.45) is 0 Å². The standard InChI is InChI=1S/C30H29NO4S/c1-36(33,34)24-11-6-8-20(18-24)21-16-22-9-7-10-23(17-21)31(22)30(32)35-19-29-27-14-4-2-12-25(27)26-13-3-5-15-28(26)29/h2-6,8,11-16,18,22-23,29H,7,9-10,17,19H2,1H3. The number of hydrogen-bond donors (Lipinski definition) is 0. The van der Waals surface area contributed by atoms with E-state index in [9.17, 15) is 13.2 Å². The van der Waals surface area contributed by atoms with E-state index in [-0.39, 0.29) is 24.1 Å². The summed E-state index contributed by atoms with van der Waals surface area (Å²) in [6, 6.07) is 23.9. The van der Waals surface area contributed by atoms with Gasteiger partial charge >= 0.3 is 6.09 Å². The molecular formula is C30H29NO4S. The number of hydrogen-bond acceptors (Lipinski definition) is 4. The fourth-order valence-electron chi connectivity index (χ4n) is 6.12.